The van der Waals surface area contributed by atoms with E-state index in [0.29, 0.717) is 24.6 Å². The fraction of sp³-hybridized carbons (Fsp3) is 0.562. The monoisotopic (exact) mass is 301 g/mol. The minimum absolute atomic E-state index is 0.0723. The lowest BCUT2D eigenvalue weighted by atomic mass is 9.82. The van der Waals surface area contributed by atoms with Crippen LogP contribution in [-0.2, 0) is 4.79 Å². The van der Waals surface area contributed by atoms with Gasteiger partial charge in [0.25, 0.3) is 0 Å². The first-order chi connectivity index (χ1) is 9.66. The number of aromatic nitrogens is 2. The third kappa shape index (κ3) is 4.40. The number of anilines is 1. The number of piperidine rings is 1. The van der Waals surface area contributed by atoms with Gasteiger partial charge in [0.2, 0.25) is 11.9 Å². The minimum atomic E-state index is -1.43. The molecule has 1 aromatic rings. The van der Waals surface area contributed by atoms with Crippen LogP contribution in [0.4, 0.5) is 5.95 Å². The lowest BCUT2D eigenvalue weighted by Gasteiger charge is -2.35. The number of nitrogens with zero attached hydrogens (tertiary/aromatic N) is 3. The summed E-state index contributed by atoms with van der Waals surface area (Å²) in [4.78, 5) is 22.6. The molecule has 1 aliphatic rings. The van der Waals surface area contributed by atoms with Crippen molar-refractivity contribution in [3.8, 4) is 11.5 Å². The lowest BCUT2D eigenvalue weighted by molar-refractivity contribution is -0.122. The average Bonchev–Trinajstić information content (AvgIpc) is 2.35. The first-order valence-corrected chi connectivity index (χ1v) is 10.8. The van der Waals surface area contributed by atoms with E-state index < -0.39 is 8.07 Å². The molecule has 0 aromatic carbocycles. The molecule has 1 aromatic heterocycles. The van der Waals surface area contributed by atoms with Gasteiger partial charge in [0.1, 0.15) is 13.8 Å². The van der Waals surface area contributed by atoms with Crippen molar-refractivity contribution in [3.63, 3.8) is 0 Å². The van der Waals surface area contributed by atoms with Crippen LogP contribution >= 0.6 is 0 Å². The zero-order chi connectivity index (χ0) is 15.7. The summed E-state index contributed by atoms with van der Waals surface area (Å²) >= 11 is 0. The predicted molar refractivity (Wildman–Crippen MR) is 87.6 cm³/mol. The van der Waals surface area contributed by atoms with Crippen molar-refractivity contribution in [1.29, 1.82) is 0 Å². The maximum absolute atomic E-state index is 12.3. The van der Waals surface area contributed by atoms with Gasteiger partial charge in [-0.2, -0.15) is 0 Å². The first kappa shape index (κ1) is 15.7. The average molecular weight is 301 g/mol. The normalized spacial score (nSPS) is 18.1. The maximum atomic E-state index is 12.3. The largest absolute Gasteiger partial charge is 0.281 e. The molecule has 2 heterocycles. The van der Waals surface area contributed by atoms with Gasteiger partial charge in [-0.3, -0.25) is 9.69 Å². The van der Waals surface area contributed by atoms with E-state index in [2.05, 4.69) is 54.9 Å². The van der Waals surface area contributed by atoms with Gasteiger partial charge in [-0.05, 0) is 17.9 Å². The summed E-state index contributed by atoms with van der Waals surface area (Å²) in [5.74, 6) is 3.70. The van der Waals surface area contributed by atoms with E-state index in [9.17, 15) is 4.79 Å². The van der Waals surface area contributed by atoms with Crippen LogP contribution in [0.2, 0.25) is 19.6 Å². The van der Waals surface area contributed by atoms with Crippen molar-refractivity contribution in [3.05, 3.63) is 18.0 Å². The molecule has 0 spiro atoms. The molecule has 1 aliphatic heterocycles. The second-order valence-corrected chi connectivity index (χ2v) is 12.1. The Balaban J connectivity index is 2.22. The van der Waals surface area contributed by atoms with Crippen LogP contribution in [0, 0.1) is 16.9 Å². The molecule has 1 saturated heterocycles. The SMILES string of the molecule is CC1(C)CCN(c2nccc(C#C[Si](C)(C)C)n2)C(=O)C1. The highest BCUT2D eigenvalue weighted by Crippen LogP contribution is 2.31. The molecule has 1 amide bonds. The van der Waals surface area contributed by atoms with E-state index in [1.165, 1.54) is 0 Å². The molecule has 5 heteroatoms. The number of hydrogen-bond donors (Lipinski definition) is 0. The quantitative estimate of drug-likeness (QED) is 0.592. The molecule has 0 atom stereocenters. The summed E-state index contributed by atoms with van der Waals surface area (Å²) in [5, 5.41) is 0. The smallest absolute Gasteiger partial charge is 0.233 e. The fourth-order valence-electron chi connectivity index (χ4n) is 2.14. The van der Waals surface area contributed by atoms with E-state index in [-0.39, 0.29) is 11.3 Å². The van der Waals surface area contributed by atoms with Crippen LogP contribution in [0.25, 0.3) is 0 Å². The topological polar surface area (TPSA) is 46.1 Å². The molecule has 112 valence electrons. The standard InChI is InChI=1S/C16H23N3OSi/c1-16(2)8-10-19(14(20)12-16)15-17-9-6-13(18-15)7-11-21(3,4)5/h6,9H,8,10,12H2,1-5H3. The van der Waals surface area contributed by atoms with Gasteiger partial charge in [-0.1, -0.05) is 39.4 Å². The Morgan fingerprint density at radius 2 is 2.05 bits per heavy atom. The number of rotatable bonds is 1. The van der Waals surface area contributed by atoms with Gasteiger partial charge in [-0.25, -0.2) is 9.97 Å². The lowest BCUT2D eigenvalue weighted by Crippen LogP contribution is -2.42. The van der Waals surface area contributed by atoms with Crippen LogP contribution < -0.4 is 4.90 Å². The Hall–Kier alpha value is -1.67. The molecule has 0 N–H and O–H groups in total. The van der Waals surface area contributed by atoms with E-state index in [1.54, 1.807) is 17.2 Å². The zero-order valence-electron chi connectivity index (χ0n) is 13.5. The molecule has 21 heavy (non-hydrogen) atoms. The van der Waals surface area contributed by atoms with Crippen LogP contribution in [-0.4, -0.2) is 30.5 Å². The highest BCUT2D eigenvalue weighted by molar-refractivity contribution is 6.83. The summed E-state index contributed by atoms with van der Waals surface area (Å²) in [6.45, 7) is 11.5. The van der Waals surface area contributed by atoms with Crippen molar-refractivity contribution < 1.29 is 4.79 Å². The minimum Gasteiger partial charge on any atom is -0.281 e. The van der Waals surface area contributed by atoms with Gasteiger partial charge in [0.05, 0.1) is 0 Å². The van der Waals surface area contributed by atoms with E-state index in [4.69, 9.17) is 0 Å². The summed E-state index contributed by atoms with van der Waals surface area (Å²) in [6, 6.07) is 1.80. The van der Waals surface area contributed by atoms with Crippen LogP contribution in [0.5, 0.6) is 0 Å². The number of hydrogen-bond acceptors (Lipinski definition) is 3. The van der Waals surface area contributed by atoms with E-state index >= 15 is 0 Å². The first-order valence-electron chi connectivity index (χ1n) is 7.33. The van der Waals surface area contributed by atoms with Crippen molar-refractivity contribution in [1.82, 2.24) is 9.97 Å². The van der Waals surface area contributed by atoms with Crippen molar-refractivity contribution >= 4 is 19.9 Å². The predicted octanol–water partition coefficient (Wildman–Crippen LogP) is 2.86. The molecule has 0 aliphatic carbocycles. The molecule has 4 nitrogen and oxygen atoms in total. The molecule has 2 rings (SSSR count). The van der Waals surface area contributed by atoms with Crippen molar-refractivity contribution in [2.75, 3.05) is 11.4 Å². The molecule has 1 fully saturated rings. The molecule has 0 radical (unpaired) electrons. The summed E-state index contributed by atoms with van der Waals surface area (Å²) in [7, 11) is -1.43. The Kier molecular flexibility index (Phi) is 4.19. The third-order valence-electron chi connectivity index (χ3n) is 3.39. The molecular weight excluding hydrogens is 278 g/mol. The van der Waals surface area contributed by atoms with Gasteiger partial charge < -0.3 is 0 Å². The van der Waals surface area contributed by atoms with E-state index in [1.807, 2.05) is 0 Å². The second kappa shape index (κ2) is 5.61. The Bertz CT molecular complexity index is 608. The van der Waals surface area contributed by atoms with Crippen LogP contribution in [0.3, 0.4) is 0 Å². The highest BCUT2D eigenvalue weighted by Gasteiger charge is 2.33. The fourth-order valence-corrected chi connectivity index (χ4v) is 2.65. The number of carbonyl (C=O) groups is 1. The van der Waals surface area contributed by atoms with Crippen molar-refractivity contribution in [2.24, 2.45) is 5.41 Å². The molecule has 0 unspecified atom stereocenters. The summed E-state index contributed by atoms with van der Waals surface area (Å²) in [5.41, 5.74) is 4.05. The maximum Gasteiger partial charge on any atom is 0.233 e. The van der Waals surface area contributed by atoms with Crippen LogP contribution in [0.15, 0.2) is 12.3 Å². The molecule has 0 saturated carbocycles. The Morgan fingerprint density at radius 3 is 2.67 bits per heavy atom. The van der Waals surface area contributed by atoms with Gasteiger partial charge >= 0.3 is 0 Å². The number of carbonyl (C=O) groups excluding carboxylic acids is 1. The van der Waals surface area contributed by atoms with Gasteiger partial charge in [0, 0.05) is 19.2 Å². The Labute approximate surface area is 128 Å². The summed E-state index contributed by atoms with van der Waals surface area (Å²) in [6.07, 6.45) is 3.19. The number of amides is 1. The third-order valence-corrected chi connectivity index (χ3v) is 4.27. The van der Waals surface area contributed by atoms with Crippen molar-refractivity contribution in [2.45, 2.75) is 46.3 Å². The van der Waals surface area contributed by atoms with Gasteiger partial charge in [0.15, 0.2) is 0 Å². The second-order valence-electron chi connectivity index (χ2n) is 7.38. The van der Waals surface area contributed by atoms with E-state index in [0.717, 1.165) is 6.42 Å². The molecule has 0 bridgehead atoms. The van der Waals surface area contributed by atoms with Crippen LogP contribution in [0.1, 0.15) is 32.4 Å². The van der Waals surface area contributed by atoms with Gasteiger partial charge in [-0.15, -0.1) is 5.54 Å². The zero-order valence-corrected chi connectivity index (χ0v) is 14.5. The molecular formula is C16H23N3OSi. The summed E-state index contributed by atoms with van der Waals surface area (Å²) < 4.78 is 0. The Morgan fingerprint density at radius 1 is 1.33 bits per heavy atom. The highest BCUT2D eigenvalue weighted by atomic mass is 28.3.